The Balaban J connectivity index is 1.94. The molecule has 1 heterocycles. The molecule has 0 fully saturated rings. The van der Waals surface area contributed by atoms with Crippen molar-refractivity contribution in [3.8, 4) is 5.88 Å². The van der Waals surface area contributed by atoms with Crippen LogP contribution in [0.3, 0.4) is 0 Å². The highest BCUT2D eigenvalue weighted by Crippen LogP contribution is 2.11. The van der Waals surface area contributed by atoms with E-state index in [-0.39, 0.29) is 5.82 Å². The molecule has 1 N–H and O–H groups in total. The SMILES string of the molecule is COc1cc(C)nc(NCCc2cccc(F)c2)n1. The molecule has 0 spiro atoms. The molecule has 0 amide bonds. The van der Waals surface area contributed by atoms with E-state index in [9.17, 15) is 4.39 Å². The van der Waals surface area contributed by atoms with Crippen LogP contribution >= 0.6 is 0 Å². The van der Waals surface area contributed by atoms with Crippen LogP contribution in [0.15, 0.2) is 30.3 Å². The number of halogens is 1. The van der Waals surface area contributed by atoms with Gasteiger partial charge in [-0.25, -0.2) is 9.37 Å². The number of methoxy groups -OCH3 is 1. The monoisotopic (exact) mass is 261 g/mol. The average molecular weight is 261 g/mol. The Morgan fingerprint density at radius 2 is 2.11 bits per heavy atom. The van der Waals surface area contributed by atoms with Crippen LogP contribution in [0, 0.1) is 12.7 Å². The Morgan fingerprint density at radius 3 is 2.84 bits per heavy atom. The number of aromatic nitrogens is 2. The lowest BCUT2D eigenvalue weighted by Gasteiger charge is -2.07. The van der Waals surface area contributed by atoms with E-state index in [2.05, 4.69) is 15.3 Å². The highest BCUT2D eigenvalue weighted by Gasteiger charge is 2.02. The lowest BCUT2D eigenvalue weighted by atomic mass is 10.1. The smallest absolute Gasteiger partial charge is 0.226 e. The van der Waals surface area contributed by atoms with Gasteiger partial charge in [0.05, 0.1) is 7.11 Å². The predicted molar refractivity (Wildman–Crippen MR) is 71.9 cm³/mol. The maximum absolute atomic E-state index is 13.0. The molecule has 100 valence electrons. The summed E-state index contributed by atoms with van der Waals surface area (Å²) in [5, 5.41) is 3.10. The van der Waals surface area contributed by atoms with Crippen molar-refractivity contribution in [2.75, 3.05) is 19.0 Å². The number of benzene rings is 1. The summed E-state index contributed by atoms with van der Waals surface area (Å²) in [6.45, 7) is 2.51. The van der Waals surface area contributed by atoms with Crippen LogP contribution in [0.5, 0.6) is 5.88 Å². The van der Waals surface area contributed by atoms with Gasteiger partial charge in [-0.1, -0.05) is 12.1 Å². The molecule has 19 heavy (non-hydrogen) atoms. The van der Waals surface area contributed by atoms with Gasteiger partial charge in [0.25, 0.3) is 0 Å². The number of hydrogen-bond acceptors (Lipinski definition) is 4. The van der Waals surface area contributed by atoms with Crippen molar-refractivity contribution in [3.05, 3.63) is 47.4 Å². The molecule has 2 aromatic rings. The first-order valence-electron chi connectivity index (χ1n) is 6.05. The Kier molecular flexibility index (Phi) is 4.28. The maximum atomic E-state index is 13.0. The lowest BCUT2D eigenvalue weighted by Crippen LogP contribution is -2.09. The van der Waals surface area contributed by atoms with E-state index in [1.165, 1.54) is 12.1 Å². The minimum atomic E-state index is -0.217. The van der Waals surface area contributed by atoms with Gasteiger partial charge in [-0.05, 0) is 31.0 Å². The second kappa shape index (κ2) is 6.13. The normalized spacial score (nSPS) is 10.3. The summed E-state index contributed by atoms with van der Waals surface area (Å²) < 4.78 is 18.1. The molecule has 2 rings (SSSR count). The Bertz CT molecular complexity index is 560. The molecule has 5 heteroatoms. The van der Waals surface area contributed by atoms with Gasteiger partial charge < -0.3 is 10.1 Å². The maximum Gasteiger partial charge on any atom is 0.226 e. The summed E-state index contributed by atoms with van der Waals surface area (Å²) in [4.78, 5) is 8.44. The number of rotatable bonds is 5. The molecule has 4 nitrogen and oxygen atoms in total. The van der Waals surface area contributed by atoms with E-state index in [4.69, 9.17) is 4.74 Å². The predicted octanol–water partition coefficient (Wildman–Crippen LogP) is 2.59. The number of aryl methyl sites for hydroxylation is 1. The van der Waals surface area contributed by atoms with Crippen molar-refractivity contribution in [1.29, 1.82) is 0 Å². The van der Waals surface area contributed by atoms with Crippen LogP contribution in [-0.2, 0) is 6.42 Å². The van der Waals surface area contributed by atoms with E-state index in [1.54, 1.807) is 19.2 Å². The highest BCUT2D eigenvalue weighted by molar-refractivity contribution is 5.31. The topological polar surface area (TPSA) is 47.0 Å². The number of nitrogens with one attached hydrogen (secondary N) is 1. The van der Waals surface area contributed by atoms with Gasteiger partial charge in [0.2, 0.25) is 11.8 Å². The molecule has 1 aromatic heterocycles. The van der Waals surface area contributed by atoms with Crippen LogP contribution in [0.2, 0.25) is 0 Å². The first kappa shape index (κ1) is 13.3. The van der Waals surface area contributed by atoms with Gasteiger partial charge >= 0.3 is 0 Å². The van der Waals surface area contributed by atoms with Crippen LogP contribution in [-0.4, -0.2) is 23.6 Å². The fraction of sp³-hybridized carbons (Fsp3) is 0.286. The highest BCUT2D eigenvalue weighted by atomic mass is 19.1. The molecule has 0 aliphatic carbocycles. The first-order valence-corrected chi connectivity index (χ1v) is 6.05. The zero-order valence-electron chi connectivity index (χ0n) is 11.0. The van der Waals surface area contributed by atoms with Gasteiger partial charge in [-0.3, -0.25) is 0 Å². The van der Waals surface area contributed by atoms with Gasteiger partial charge in [-0.2, -0.15) is 4.98 Å². The molecule has 0 unspecified atom stereocenters. The first-order chi connectivity index (χ1) is 9.17. The molecule has 0 aliphatic rings. The van der Waals surface area contributed by atoms with Crippen molar-refractivity contribution in [3.63, 3.8) is 0 Å². The van der Waals surface area contributed by atoms with Gasteiger partial charge in [0.1, 0.15) is 5.82 Å². The summed E-state index contributed by atoms with van der Waals surface area (Å²) in [7, 11) is 1.57. The van der Waals surface area contributed by atoms with Crippen molar-refractivity contribution in [1.82, 2.24) is 9.97 Å². The van der Waals surface area contributed by atoms with Crippen LogP contribution in [0.4, 0.5) is 10.3 Å². The Morgan fingerprint density at radius 1 is 1.26 bits per heavy atom. The minimum absolute atomic E-state index is 0.217. The second-order valence-electron chi connectivity index (χ2n) is 4.18. The van der Waals surface area contributed by atoms with Crippen molar-refractivity contribution < 1.29 is 9.13 Å². The zero-order chi connectivity index (χ0) is 13.7. The third-order valence-electron chi connectivity index (χ3n) is 2.63. The number of nitrogens with zero attached hydrogens (tertiary/aromatic N) is 2. The van der Waals surface area contributed by atoms with Crippen molar-refractivity contribution in [2.24, 2.45) is 0 Å². The van der Waals surface area contributed by atoms with Crippen LogP contribution < -0.4 is 10.1 Å². The molecule has 0 saturated carbocycles. The van der Waals surface area contributed by atoms with E-state index in [0.717, 1.165) is 11.3 Å². The van der Waals surface area contributed by atoms with E-state index < -0.39 is 0 Å². The second-order valence-corrected chi connectivity index (χ2v) is 4.18. The largest absolute Gasteiger partial charge is 0.481 e. The number of hydrogen-bond donors (Lipinski definition) is 1. The summed E-state index contributed by atoms with van der Waals surface area (Å²) in [5.74, 6) is 0.833. The molecule has 0 bridgehead atoms. The average Bonchev–Trinajstić information content (AvgIpc) is 2.38. The van der Waals surface area contributed by atoms with E-state index in [1.807, 2.05) is 13.0 Å². The molecular weight excluding hydrogens is 245 g/mol. The quantitative estimate of drug-likeness (QED) is 0.898. The fourth-order valence-corrected chi connectivity index (χ4v) is 1.73. The van der Waals surface area contributed by atoms with Crippen LogP contribution in [0.25, 0.3) is 0 Å². The van der Waals surface area contributed by atoms with Crippen LogP contribution in [0.1, 0.15) is 11.3 Å². The summed E-state index contributed by atoms with van der Waals surface area (Å²) in [6.07, 6.45) is 0.706. The minimum Gasteiger partial charge on any atom is -0.481 e. The molecule has 1 aromatic carbocycles. The summed E-state index contributed by atoms with van der Waals surface area (Å²) >= 11 is 0. The standard InChI is InChI=1S/C14H16FN3O/c1-10-8-13(19-2)18-14(17-10)16-7-6-11-4-3-5-12(15)9-11/h3-5,8-9H,6-7H2,1-2H3,(H,16,17,18). The van der Waals surface area contributed by atoms with Crippen molar-refractivity contribution >= 4 is 5.95 Å². The Labute approximate surface area is 111 Å². The molecule has 0 radical (unpaired) electrons. The lowest BCUT2D eigenvalue weighted by molar-refractivity contribution is 0.397. The number of ether oxygens (including phenoxy) is 1. The van der Waals surface area contributed by atoms with Gasteiger partial charge in [0.15, 0.2) is 0 Å². The fourth-order valence-electron chi connectivity index (χ4n) is 1.73. The Hall–Kier alpha value is -2.17. The number of anilines is 1. The van der Waals surface area contributed by atoms with Gasteiger partial charge in [-0.15, -0.1) is 0 Å². The van der Waals surface area contributed by atoms with E-state index in [0.29, 0.717) is 24.8 Å². The third-order valence-corrected chi connectivity index (χ3v) is 2.63. The molecule has 0 saturated heterocycles. The van der Waals surface area contributed by atoms with E-state index >= 15 is 0 Å². The van der Waals surface area contributed by atoms with Gasteiger partial charge in [0, 0.05) is 18.3 Å². The molecule has 0 aliphatic heterocycles. The third kappa shape index (κ3) is 3.91. The molecule has 0 atom stereocenters. The summed E-state index contributed by atoms with van der Waals surface area (Å²) in [5.41, 5.74) is 1.77. The summed E-state index contributed by atoms with van der Waals surface area (Å²) in [6, 6.07) is 8.32. The molecular formula is C14H16FN3O. The zero-order valence-corrected chi connectivity index (χ0v) is 11.0. The van der Waals surface area contributed by atoms with Crippen molar-refractivity contribution in [2.45, 2.75) is 13.3 Å².